The number of nitrogens with zero attached hydrogens (tertiary/aromatic N) is 2. The lowest BCUT2D eigenvalue weighted by atomic mass is 9.97. The predicted molar refractivity (Wildman–Crippen MR) is 92.4 cm³/mol. The number of ether oxygens (including phenoxy) is 1. The van der Waals surface area contributed by atoms with Crippen LogP contribution in [-0.2, 0) is 12.6 Å². The Morgan fingerprint density at radius 3 is 2.48 bits per heavy atom. The SMILES string of the molecule is CCOc1ccc(NC(=O)NCCC(O)(c2nccn2C)C(F)(F)F)cc1. The summed E-state index contributed by atoms with van der Waals surface area (Å²) in [7, 11) is 1.35. The Balaban J connectivity index is 1.94. The first-order valence-corrected chi connectivity index (χ1v) is 8.22. The summed E-state index contributed by atoms with van der Waals surface area (Å²) < 4.78 is 46.5. The van der Waals surface area contributed by atoms with Crippen LogP contribution in [0.25, 0.3) is 0 Å². The summed E-state index contributed by atoms with van der Waals surface area (Å²) >= 11 is 0. The Bertz CT molecular complexity index is 762. The van der Waals surface area contributed by atoms with Crippen molar-refractivity contribution >= 4 is 11.7 Å². The molecule has 0 aliphatic rings. The molecule has 0 spiro atoms. The van der Waals surface area contributed by atoms with E-state index in [4.69, 9.17) is 4.74 Å². The summed E-state index contributed by atoms with van der Waals surface area (Å²) in [6, 6.07) is 5.82. The number of alkyl halides is 3. The number of amides is 2. The topological polar surface area (TPSA) is 88.4 Å². The zero-order valence-corrected chi connectivity index (χ0v) is 14.9. The number of aryl methyl sites for hydroxylation is 1. The molecule has 0 saturated heterocycles. The monoisotopic (exact) mass is 386 g/mol. The third kappa shape index (κ3) is 4.91. The van der Waals surface area contributed by atoms with Gasteiger partial charge in [-0.25, -0.2) is 9.78 Å². The number of carbonyl (C=O) groups is 1. The highest BCUT2D eigenvalue weighted by molar-refractivity contribution is 5.89. The Morgan fingerprint density at radius 1 is 1.30 bits per heavy atom. The van der Waals surface area contributed by atoms with E-state index in [2.05, 4.69) is 15.6 Å². The minimum atomic E-state index is -4.95. The molecule has 2 amide bonds. The molecule has 2 rings (SSSR count). The predicted octanol–water partition coefficient (Wildman–Crippen LogP) is 2.78. The van der Waals surface area contributed by atoms with Crippen molar-refractivity contribution in [1.29, 1.82) is 0 Å². The minimum absolute atomic E-state index is 0.411. The van der Waals surface area contributed by atoms with Gasteiger partial charge in [0, 0.05) is 38.1 Å². The lowest BCUT2D eigenvalue weighted by Gasteiger charge is -2.29. The van der Waals surface area contributed by atoms with Crippen LogP contribution in [0.5, 0.6) is 5.75 Å². The van der Waals surface area contributed by atoms with Crippen molar-refractivity contribution < 1.29 is 27.8 Å². The lowest BCUT2D eigenvalue weighted by Crippen LogP contribution is -2.47. The second kappa shape index (κ2) is 8.30. The average Bonchev–Trinajstić information content (AvgIpc) is 3.02. The van der Waals surface area contributed by atoms with Gasteiger partial charge in [-0.1, -0.05) is 0 Å². The van der Waals surface area contributed by atoms with Crippen LogP contribution in [0.15, 0.2) is 36.7 Å². The molecule has 3 N–H and O–H groups in total. The third-order valence-corrected chi connectivity index (χ3v) is 3.86. The number of nitrogens with one attached hydrogen (secondary N) is 2. The van der Waals surface area contributed by atoms with E-state index in [1.165, 1.54) is 13.2 Å². The normalized spacial score (nSPS) is 13.7. The molecule has 1 unspecified atom stereocenters. The van der Waals surface area contributed by atoms with Crippen molar-refractivity contribution in [2.24, 2.45) is 7.05 Å². The van der Waals surface area contributed by atoms with E-state index >= 15 is 0 Å². The molecule has 0 bridgehead atoms. The van der Waals surface area contributed by atoms with Gasteiger partial charge in [-0.2, -0.15) is 13.2 Å². The highest BCUT2D eigenvalue weighted by Gasteiger charge is 2.57. The number of benzene rings is 1. The van der Waals surface area contributed by atoms with Gasteiger partial charge >= 0.3 is 12.2 Å². The van der Waals surface area contributed by atoms with Crippen molar-refractivity contribution in [1.82, 2.24) is 14.9 Å². The average molecular weight is 386 g/mol. The van der Waals surface area contributed by atoms with E-state index in [1.807, 2.05) is 6.92 Å². The summed E-state index contributed by atoms with van der Waals surface area (Å²) in [4.78, 5) is 15.5. The summed E-state index contributed by atoms with van der Waals surface area (Å²) in [6.45, 7) is 1.93. The number of aromatic nitrogens is 2. The molecule has 1 heterocycles. The van der Waals surface area contributed by atoms with Crippen LogP contribution in [0.4, 0.5) is 23.7 Å². The number of aliphatic hydroxyl groups is 1. The van der Waals surface area contributed by atoms with Crippen LogP contribution in [0.3, 0.4) is 0 Å². The fourth-order valence-corrected chi connectivity index (χ4v) is 2.48. The van der Waals surface area contributed by atoms with Crippen molar-refractivity contribution in [3.05, 3.63) is 42.5 Å². The van der Waals surface area contributed by atoms with Gasteiger partial charge in [0.05, 0.1) is 6.61 Å². The molecule has 0 aliphatic carbocycles. The van der Waals surface area contributed by atoms with Gasteiger partial charge in [0.15, 0.2) is 0 Å². The van der Waals surface area contributed by atoms with Gasteiger partial charge in [-0.05, 0) is 31.2 Å². The molecule has 10 heteroatoms. The fourth-order valence-electron chi connectivity index (χ4n) is 2.48. The zero-order valence-electron chi connectivity index (χ0n) is 14.9. The van der Waals surface area contributed by atoms with Crippen molar-refractivity contribution in [2.45, 2.75) is 25.1 Å². The molecule has 1 aromatic heterocycles. The first-order chi connectivity index (χ1) is 12.7. The molecular weight excluding hydrogens is 365 g/mol. The van der Waals surface area contributed by atoms with Crippen LogP contribution in [-0.4, -0.2) is 40.0 Å². The molecule has 0 fully saturated rings. The van der Waals surface area contributed by atoms with E-state index in [1.54, 1.807) is 24.3 Å². The number of hydrogen-bond acceptors (Lipinski definition) is 4. The smallest absolute Gasteiger partial charge is 0.424 e. The molecule has 2 aromatic rings. The molecule has 0 radical (unpaired) electrons. The van der Waals surface area contributed by atoms with Gasteiger partial charge < -0.3 is 25.0 Å². The lowest BCUT2D eigenvalue weighted by molar-refractivity contribution is -0.272. The summed E-state index contributed by atoms with van der Waals surface area (Å²) in [5.41, 5.74) is -2.72. The number of imidazole rings is 1. The van der Waals surface area contributed by atoms with Crippen LogP contribution >= 0.6 is 0 Å². The van der Waals surface area contributed by atoms with E-state index in [9.17, 15) is 23.1 Å². The molecule has 0 aliphatic heterocycles. The number of anilines is 1. The summed E-state index contributed by atoms with van der Waals surface area (Å²) in [6.07, 6.45) is -3.26. The second-order valence-electron chi connectivity index (χ2n) is 5.81. The van der Waals surface area contributed by atoms with Gasteiger partial charge in [0.2, 0.25) is 5.60 Å². The molecule has 1 aromatic carbocycles. The molecule has 148 valence electrons. The van der Waals surface area contributed by atoms with Crippen LogP contribution in [0.2, 0.25) is 0 Å². The number of carbonyl (C=O) groups excluding carboxylic acids is 1. The molecular formula is C17H21F3N4O3. The number of urea groups is 1. The largest absolute Gasteiger partial charge is 0.494 e. The maximum Gasteiger partial charge on any atom is 0.424 e. The standard InChI is InChI=1S/C17H21F3N4O3/c1-3-27-13-6-4-12(5-7-13)23-15(25)22-9-8-16(26,17(18,19)20)14-21-10-11-24(14)2/h4-7,10-11,26H,3,8-9H2,1-2H3,(H2,22,23,25). The molecule has 1 atom stereocenters. The number of halogens is 3. The summed E-state index contributed by atoms with van der Waals surface area (Å²) in [5, 5.41) is 15.0. The van der Waals surface area contributed by atoms with E-state index in [0.29, 0.717) is 18.0 Å². The highest BCUT2D eigenvalue weighted by Crippen LogP contribution is 2.40. The van der Waals surface area contributed by atoms with Gasteiger partial charge in [0.25, 0.3) is 0 Å². The first kappa shape index (κ1) is 20.6. The number of rotatable bonds is 7. The van der Waals surface area contributed by atoms with E-state index < -0.39 is 36.6 Å². The van der Waals surface area contributed by atoms with Gasteiger partial charge in [-0.3, -0.25) is 0 Å². The quantitative estimate of drug-likeness (QED) is 0.683. The maximum absolute atomic E-state index is 13.4. The third-order valence-electron chi connectivity index (χ3n) is 3.86. The molecule has 0 saturated carbocycles. The van der Waals surface area contributed by atoms with Crippen LogP contribution < -0.4 is 15.4 Å². The van der Waals surface area contributed by atoms with Crippen molar-refractivity contribution in [3.8, 4) is 5.75 Å². The highest BCUT2D eigenvalue weighted by atomic mass is 19.4. The molecule has 27 heavy (non-hydrogen) atoms. The Hall–Kier alpha value is -2.75. The Labute approximate surface area is 154 Å². The van der Waals surface area contributed by atoms with Crippen LogP contribution in [0.1, 0.15) is 19.2 Å². The second-order valence-corrected chi connectivity index (χ2v) is 5.81. The first-order valence-electron chi connectivity index (χ1n) is 8.22. The maximum atomic E-state index is 13.4. The fraction of sp³-hybridized carbons (Fsp3) is 0.412. The van der Waals surface area contributed by atoms with Gasteiger partial charge in [0.1, 0.15) is 11.6 Å². The van der Waals surface area contributed by atoms with Crippen molar-refractivity contribution in [2.75, 3.05) is 18.5 Å². The molecule has 7 nitrogen and oxygen atoms in total. The Kier molecular flexibility index (Phi) is 6.32. The Morgan fingerprint density at radius 2 is 1.96 bits per heavy atom. The van der Waals surface area contributed by atoms with Crippen molar-refractivity contribution in [3.63, 3.8) is 0 Å². The zero-order chi connectivity index (χ0) is 20.1. The van der Waals surface area contributed by atoms with E-state index in [0.717, 1.165) is 10.8 Å². The van der Waals surface area contributed by atoms with Crippen LogP contribution in [0, 0.1) is 0 Å². The number of hydrogen-bond donors (Lipinski definition) is 3. The van der Waals surface area contributed by atoms with E-state index in [-0.39, 0.29) is 0 Å². The van der Waals surface area contributed by atoms with Gasteiger partial charge in [-0.15, -0.1) is 0 Å². The minimum Gasteiger partial charge on any atom is -0.494 e. The summed E-state index contributed by atoms with van der Waals surface area (Å²) in [5.74, 6) is 0.0949.